The molecule has 0 aromatic heterocycles. The predicted molar refractivity (Wildman–Crippen MR) is 86.8 cm³/mol. The van der Waals surface area contributed by atoms with E-state index in [1.165, 1.54) is 25.1 Å². The second kappa shape index (κ2) is 8.70. The molecule has 0 aliphatic carbocycles. The molecule has 3 N–H and O–H groups in total. The van der Waals surface area contributed by atoms with Crippen molar-refractivity contribution in [3.05, 3.63) is 24.0 Å². The van der Waals surface area contributed by atoms with Gasteiger partial charge in [0.2, 0.25) is 11.8 Å². The summed E-state index contributed by atoms with van der Waals surface area (Å²) in [7, 11) is 0. The fourth-order valence-corrected chi connectivity index (χ4v) is 2.42. The van der Waals surface area contributed by atoms with E-state index in [9.17, 15) is 14.0 Å². The van der Waals surface area contributed by atoms with Crippen LogP contribution in [0.1, 0.15) is 32.6 Å². The number of carbonyl (C=O) groups is 2. The maximum Gasteiger partial charge on any atom is 0.224 e. The third-order valence-corrected chi connectivity index (χ3v) is 3.44. The molecule has 5 nitrogen and oxygen atoms in total. The Morgan fingerprint density at radius 3 is 2.77 bits per heavy atom. The van der Waals surface area contributed by atoms with Gasteiger partial charge in [0.1, 0.15) is 5.82 Å². The van der Waals surface area contributed by atoms with Crippen molar-refractivity contribution in [3.63, 3.8) is 0 Å². The summed E-state index contributed by atoms with van der Waals surface area (Å²) in [6, 6.07) is 4.47. The molecule has 2 rings (SSSR count). The van der Waals surface area contributed by atoms with Crippen LogP contribution in [0.3, 0.4) is 0 Å². The van der Waals surface area contributed by atoms with Gasteiger partial charge in [-0.2, -0.15) is 0 Å². The molecule has 1 atom stereocenters. The van der Waals surface area contributed by atoms with Gasteiger partial charge in [0.25, 0.3) is 0 Å². The highest BCUT2D eigenvalue weighted by Gasteiger charge is 2.16. The number of amides is 2. The molecule has 122 valence electrons. The maximum atomic E-state index is 13.7. The van der Waals surface area contributed by atoms with Crippen LogP contribution >= 0.6 is 12.4 Å². The van der Waals surface area contributed by atoms with Crippen molar-refractivity contribution in [1.29, 1.82) is 0 Å². The summed E-state index contributed by atoms with van der Waals surface area (Å²) in [4.78, 5) is 22.8. The molecule has 1 aliphatic heterocycles. The van der Waals surface area contributed by atoms with Gasteiger partial charge in [-0.3, -0.25) is 9.59 Å². The first-order chi connectivity index (χ1) is 10.0. The van der Waals surface area contributed by atoms with Crippen LogP contribution in [-0.2, 0) is 9.59 Å². The van der Waals surface area contributed by atoms with E-state index in [0.29, 0.717) is 18.2 Å². The van der Waals surface area contributed by atoms with Crippen LogP contribution < -0.4 is 16.0 Å². The first-order valence-electron chi connectivity index (χ1n) is 7.15. The minimum atomic E-state index is -0.517. The van der Waals surface area contributed by atoms with Gasteiger partial charge in [0.15, 0.2) is 0 Å². The number of hydrogen-bond donors (Lipinski definition) is 3. The van der Waals surface area contributed by atoms with Gasteiger partial charge < -0.3 is 16.0 Å². The molecule has 22 heavy (non-hydrogen) atoms. The highest BCUT2D eigenvalue weighted by atomic mass is 35.5. The molecule has 1 saturated heterocycles. The lowest BCUT2D eigenvalue weighted by atomic mass is 10.1. The summed E-state index contributed by atoms with van der Waals surface area (Å²) in [5.74, 6) is -0.981. The molecule has 0 saturated carbocycles. The molecule has 0 radical (unpaired) electrons. The quantitative estimate of drug-likeness (QED) is 0.778. The Kier molecular flexibility index (Phi) is 7.27. The minimum absolute atomic E-state index is 0. The Morgan fingerprint density at radius 1 is 1.36 bits per heavy atom. The predicted octanol–water partition coefficient (Wildman–Crippen LogP) is 2.68. The summed E-state index contributed by atoms with van der Waals surface area (Å²) in [6.07, 6.45) is 3.32. The third kappa shape index (κ3) is 5.61. The topological polar surface area (TPSA) is 70.2 Å². The van der Waals surface area contributed by atoms with E-state index in [1.807, 2.05) is 0 Å². The van der Waals surface area contributed by atoms with Crippen molar-refractivity contribution in [2.45, 2.75) is 38.6 Å². The Labute approximate surface area is 135 Å². The summed E-state index contributed by atoms with van der Waals surface area (Å²) in [6.45, 7) is 2.37. The lowest BCUT2D eigenvalue weighted by Crippen LogP contribution is -2.23. The molecule has 0 spiro atoms. The first kappa shape index (κ1) is 18.4. The van der Waals surface area contributed by atoms with Gasteiger partial charge in [-0.25, -0.2) is 4.39 Å². The smallest absolute Gasteiger partial charge is 0.224 e. The molecule has 1 aromatic rings. The largest absolute Gasteiger partial charge is 0.326 e. The van der Waals surface area contributed by atoms with Crippen molar-refractivity contribution < 1.29 is 14.0 Å². The van der Waals surface area contributed by atoms with Gasteiger partial charge in [0.05, 0.1) is 5.69 Å². The van der Waals surface area contributed by atoms with Crippen LogP contribution in [0.15, 0.2) is 18.2 Å². The van der Waals surface area contributed by atoms with Crippen LogP contribution in [0.2, 0.25) is 0 Å². The minimum Gasteiger partial charge on any atom is -0.326 e. The molecule has 1 heterocycles. The highest BCUT2D eigenvalue weighted by Crippen LogP contribution is 2.20. The molecular weight excluding hydrogens is 309 g/mol. The van der Waals surface area contributed by atoms with Crippen LogP contribution in [0.25, 0.3) is 0 Å². The summed E-state index contributed by atoms with van der Waals surface area (Å²) in [5.41, 5.74) is 0.544. The van der Waals surface area contributed by atoms with Gasteiger partial charge >= 0.3 is 0 Å². The first-order valence-corrected chi connectivity index (χ1v) is 7.15. The van der Waals surface area contributed by atoms with Crippen molar-refractivity contribution >= 4 is 35.6 Å². The van der Waals surface area contributed by atoms with E-state index < -0.39 is 5.82 Å². The van der Waals surface area contributed by atoms with Crippen LogP contribution in [0.4, 0.5) is 15.8 Å². The Hall–Kier alpha value is -1.66. The van der Waals surface area contributed by atoms with E-state index in [1.54, 1.807) is 0 Å². The lowest BCUT2D eigenvalue weighted by molar-refractivity contribution is -0.116. The van der Waals surface area contributed by atoms with Crippen LogP contribution in [-0.4, -0.2) is 24.4 Å². The summed E-state index contributed by atoms with van der Waals surface area (Å²) in [5, 5.41) is 8.43. The number of halogens is 2. The van der Waals surface area contributed by atoms with Gasteiger partial charge in [0, 0.05) is 25.1 Å². The molecule has 1 fully saturated rings. The lowest BCUT2D eigenvalue weighted by Gasteiger charge is -2.11. The number of benzene rings is 1. The van der Waals surface area contributed by atoms with E-state index >= 15 is 0 Å². The zero-order valence-corrected chi connectivity index (χ0v) is 13.3. The molecule has 1 aromatic carbocycles. The van der Waals surface area contributed by atoms with E-state index in [2.05, 4.69) is 16.0 Å². The third-order valence-electron chi connectivity index (χ3n) is 3.44. The Morgan fingerprint density at radius 2 is 2.14 bits per heavy atom. The maximum absolute atomic E-state index is 13.7. The summed E-state index contributed by atoms with van der Waals surface area (Å²) >= 11 is 0. The fourth-order valence-electron chi connectivity index (χ4n) is 2.42. The van der Waals surface area contributed by atoms with Gasteiger partial charge in [-0.15, -0.1) is 12.4 Å². The highest BCUT2D eigenvalue weighted by molar-refractivity contribution is 5.93. The normalized spacial score (nSPS) is 16.7. The number of rotatable bonds is 5. The number of carbonyl (C=O) groups excluding carboxylic acids is 2. The molecule has 0 bridgehead atoms. The average molecular weight is 330 g/mol. The van der Waals surface area contributed by atoms with Crippen molar-refractivity contribution in [2.75, 3.05) is 17.2 Å². The van der Waals surface area contributed by atoms with E-state index in [4.69, 9.17) is 0 Å². The fraction of sp³-hybridized carbons (Fsp3) is 0.467. The SMILES string of the molecule is CC(=O)Nc1ccc(F)c(NC(=O)CCC2CCCN2)c1.Cl. The van der Waals surface area contributed by atoms with Crippen molar-refractivity contribution in [1.82, 2.24) is 5.32 Å². The van der Waals surface area contributed by atoms with E-state index in [-0.39, 0.29) is 29.9 Å². The zero-order chi connectivity index (χ0) is 15.2. The standard InChI is InChI=1S/C15H20FN3O2.ClH/c1-10(20)18-12-4-6-13(16)14(9-12)19-15(21)7-5-11-3-2-8-17-11;/h4,6,9,11,17H,2-3,5,7-8H2,1H3,(H,18,20)(H,19,21);1H. The van der Waals surface area contributed by atoms with Gasteiger partial charge in [-0.1, -0.05) is 0 Å². The molecule has 7 heteroatoms. The number of hydrogen-bond acceptors (Lipinski definition) is 3. The zero-order valence-electron chi connectivity index (χ0n) is 12.4. The average Bonchev–Trinajstić information content (AvgIpc) is 2.93. The summed E-state index contributed by atoms with van der Waals surface area (Å²) < 4.78 is 13.7. The van der Waals surface area contributed by atoms with Crippen molar-refractivity contribution in [3.8, 4) is 0 Å². The van der Waals surface area contributed by atoms with E-state index in [0.717, 1.165) is 25.8 Å². The number of anilines is 2. The second-order valence-corrected chi connectivity index (χ2v) is 5.26. The molecule has 2 amide bonds. The van der Waals surface area contributed by atoms with Crippen LogP contribution in [0, 0.1) is 5.82 Å². The van der Waals surface area contributed by atoms with Crippen molar-refractivity contribution in [2.24, 2.45) is 0 Å². The van der Waals surface area contributed by atoms with Crippen LogP contribution in [0.5, 0.6) is 0 Å². The molecular formula is C15H21ClFN3O2. The number of nitrogens with one attached hydrogen (secondary N) is 3. The second-order valence-electron chi connectivity index (χ2n) is 5.26. The molecule has 1 aliphatic rings. The Bertz CT molecular complexity index is 534. The monoisotopic (exact) mass is 329 g/mol. The Balaban J connectivity index is 0.00000242. The van der Waals surface area contributed by atoms with Gasteiger partial charge in [-0.05, 0) is 44.0 Å². The molecule has 1 unspecified atom stereocenters.